The molecule has 2 N–H and O–H groups in total. The Balaban J connectivity index is 1.64. The molecule has 0 bridgehead atoms. The number of sulfonamides is 1. The van der Waals surface area contributed by atoms with E-state index in [-0.39, 0.29) is 22.6 Å². The van der Waals surface area contributed by atoms with Crippen LogP contribution in [0.1, 0.15) is 18.5 Å². The van der Waals surface area contributed by atoms with Gasteiger partial charge >= 0.3 is 0 Å². The fourth-order valence-electron chi connectivity index (χ4n) is 3.32. The first kappa shape index (κ1) is 22.3. The molecule has 0 saturated heterocycles. The van der Waals surface area contributed by atoms with Crippen molar-refractivity contribution in [2.24, 2.45) is 0 Å². The number of fused-ring (bicyclic) bond motifs is 1. The van der Waals surface area contributed by atoms with E-state index in [0.29, 0.717) is 22.3 Å². The lowest BCUT2D eigenvalue weighted by Crippen LogP contribution is -2.22. The van der Waals surface area contributed by atoms with Gasteiger partial charge in [0.25, 0.3) is 0 Å². The van der Waals surface area contributed by atoms with Gasteiger partial charge in [0.1, 0.15) is 11.5 Å². The summed E-state index contributed by atoms with van der Waals surface area (Å²) < 4.78 is 39.4. The van der Waals surface area contributed by atoms with Crippen LogP contribution in [0.25, 0.3) is 27.1 Å². The van der Waals surface area contributed by atoms with E-state index in [0.717, 1.165) is 16.1 Å². The monoisotopic (exact) mass is 465 g/mol. The zero-order valence-corrected chi connectivity index (χ0v) is 18.9. The third-order valence-electron chi connectivity index (χ3n) is 5.15. The van der Waals surface area contributed by atoms with Crippen LogP contribution in [0.15, 0.2) is 53.8 Å². The highest BCUT2D eigenvalue weighted by Gasteiger charge is 2.19. The SMILES string of the molecule is [C-]#[N+]c1cnc(N[C@H](C)c2ccc(S(=O)(=O)N(C)C)cc2)nc1-c1c[nH]c2ncc(F)cc12. The zero-order chi connectivity index (χ0) is 23.8. The van der Waals surface area contributed by atoms with E-state index in [1.54, 1.807) is 30.5 Å². The zero-order valence-electron chi connectivity index (χ0n) is 18.0. The van der Waals surface area contributed by atoms with Crippen molar-refractivity contribution in [2.45, 2.75) is 17.9 Å². The first-order chi connectivity index (χ1) is 15.7. The van der Waals surface area contributed by atoms with Crippen LogP contribution in [-0.2, 0) is 10.0 Å². The predicted octanol–water partition coefficient (Wildman–Crippen LogP) is 4.13. The molecule has 3 heterocycles. The highest BCUT2D eigenvalue weighted by molar-refractivity contribution is 7.89. The van der Waals surface area contributed by atoms with E-state index in [2.05, 4.69) is 30.1 Å². The lowest BCUT2D eigenvalue weighted by atomic mass is 10.1. The van der Waals surface area contributed by atoms with E-state index >= 15 is 0 Å². The lowest BCUT2D eigenvalue weighted by Gasteiger charge is -2.16. The number of benzene rings is 1. The van der Waals surface area contributed by atoms with Crippen LogP contribution in [0.4, 0.5) is 16.0 Å². The Hall–Kier alpha value is -3.88. The number of nitrogens with one attached hydrogen (secondary N) is 2. The predicted molar refractivity (Wildman–Crippen MR) is 123 cm³/mol. The number of rotatable bonds is 6. The van der Waals surface area contributed by atoms with Crippen LogP contribution >= 0.6 is 0 Å². The Morgan fingerprint density at radius 3 is 2.58 bits per heavy atom. The normalized spacial score (nSPS) is 12.6. The van der Waals surface area contributed by atoms with Crippen LogP contribution in [0, 0.1) is 12.4 Å². The Morgan fingerprint density at radius 1 is 1.18 bits per heavy atom. The van der Waals surface area contributed by atoms with Crippen molar-refractivity contribution < 1.29 is 12.8 Å². The molecule has 4 rings (SSSR count). The van der Waals surface area contributed by atoms with Crippen LogP contribution < -0.4 is 5.32 Å². The van der Waals surface area contributed by atoms with Crippen molar-refractivity contribution in [1.82, 2.24) is 24.2 Å². The maximum Gasteiger partial charge on any atom is 0.242 e. The highest BCUT2D eigenvalue weighted by atomic mass is 32.2. The largest absolute Gasteiger partial charge is 0.348 e. The molecule has 0 aliphatic rings. The van der Waals surface area contributed by atoms with Gasteiger partial charge < -0.3 is 10.3 Å². The minimum absolute atomic E-state index is 0.198. The topological polar surface area (TPSA) is 108 Å². The maximum atomic E-state index is 13.8. The van der Waals surface area contributed by atoms with Gasteiger partial charge in [-0.25, -0.2) is 36.9 Å². The summed E-state index contributed by atoms with van der Waals surface area (Å²) in [7, 11) is -0.553. The second kappa shape index (κ2) is 8.57. The Labute approximate surface area is 190 Å². The summed E-state index contributed by atoms with van der Waals surface area (Å²) in [4.78, 5) is 19.4. The van der Waals surface area contributed by atoms with Crippen LogP contribution in [0.2, 0.25) is 0 Å². The molecule has 0 radical (unpaired) electrons. The standard InChI is InChI=1S/C22H20FN7O2S/c1-13(14-5-7-16(8-6-14)33(31,32)30(3)4)28-22-27-12-19(24-2)20(29-22)18-11-26-21-17(18)9-15(23)10-25-21/h5-13H,1,3-4H3,(H,25,26)(H,27,28,29)/t13-/m1/s1. The Kier molecular flexibility index (Phi) is 5.80. The average Bonchev–Trinajstić information content (AvgIpc) is 3.21. The molecule has 0 aliphatic carbocycles. The highest BCUT2D eigenvalue weighted by Crippen LogP contribution is 2.34. The maximum absolute atomic E-state index is 13.8. The van der Waals surface area contributed by atoms with Crippen molar-refractivity contribution in [1.29, 1.82) is 0 Å². The van der Waals surface area contributed by atoms with E-state index < -0.39 is 15.8 Å². The second-order valence-corrected chi connectivity index (χ2v) is 9.67. The van der Waals surface area contributed by atoms with Crippen LogP contribution in [-0.4, -0.2) is 46.8 Å². The molecule has 1 atom stereocenters. The van der Waals surface area contributed by atoms with E-state index in [1.807, 2.05) is 6.92 Å². The third-order valence-corrected chi connectivity index (χ3v) is 6.98. The summed E-state index contributed by atoms with van der Waals surface area (Å²) in [5.41, 5.74) is 2.42. The summed E-state index contributed by atoms with van der Waals surface area (Å²) in [5.74, 6) is -0.220. The number of H-pyrrole nitrogens is 1. The van der Waals surface area contributed by atoms with Crippen LogP contribution in [0.5, 0.6) is 0 Å². The Bertz CT molecular complexity index is 1480. The number of anilines is 1. The van der Waals surface area contributed by atoms with Crippen molar-refractivity contribution >= 4 is 32.7 Å². The van der Waals surface area contributed by atoms with Gasteiger partial charge in [0.2, 0.25) is 21.7 Å². The fraction of sp³-hybridized carbons (Fsp3) is 0.182. The summed E-state index contributed by atoms with van der Waals surface area (Å²) >= 11 is 0. The summed E-state index contributed by atoms with van der Waals surface area (Å²) in [6.45, 7) is 9.34. The first-order valence-electron chi connectivity index (χ1n) is 9.87. The number of hydrogen-bond donors (Lipinski definition) is 2. The van der Waals surface area contributed by atoms with Crippen molar-refractivity contribution in [3.8, 4) is 11.3 Å². The van der Waals surface area contributed by atoms with Crippen molar-refractivity contribution in [3.05, 3.63) is 71.7 Å². The third kappa shape index (κ3) is 4.26. The molecule has 3 aromatic heterocycles. The second-order valence-electron chi connectivity index (χ2n) is 7.51. The molecular formula is C22H20FN7O2S. The van der Waals surface area contributed by atoms with Gasteiger partial charge in [-0.2, -0.15) is 0 Å². The molecule has 33 heavy (non-hydrogen) atoms. The molecule has 168 valence electrons. The molecule has 0 spiro atoms. The smallest absolute Gasteiger partial charge is 0.242 e. The van der Waals surface area contributed by atoms with Gasteiger partial charge in [0, 0.05) is 37.4 Å². The summed E-state index contributed by atoms with van der Waals surface area (Å²) in [6.07, 6.45) is 4.15. The van der Waals surface area contributed by atoms with Gasteiger partial charge in [0.05, 0.1) is 29.4 Å². The lowest BCUT2D eigenvalue weighted by molar-refractivity contribution is 0.520. The minimum atomic E-state index is -3.51. The molecule has 11 heteroatoms. The number of halogens is 1. The van der Waals surface area contributed by atoms with Crippen LogP contribution in [0.3, 0.4) is 0 Å². The van der Waals surface area contributed by atoms with Crippen molar-refractivity contribution in [2.75, 3.05) is 19.4 Å². The molecule has 1 aromatic carbocycles. The minimum Gasteiger partial charge on any atom is -0.348 e. The quantitative estimate of drug-likeness (QED) is 0.415. The molecule has 0 fully saturated rings. The number of nitrogens with zero attached hydrogens (tertiary/aromatic N) is 5. The molecule has 0 saturated carbocycles. The average molecular weight is 466 g/mol. The molecule has 0 aliphatic heterocycles. The molecule has 0 amide bonds. The van der Waals surface area contributed by atoms with E-state index in [4.69, 9.17) is 6.57 Å². The van der Waals surface area contributed by atoms with Gasteiger partial charge in [-0.15, -0.1) is 0 Å². The van der Waals surface area contributed by atoms with Gasteiger partial charge in [-0.3, -0.25) is 0 Å². The Morgan fingerprint density at radius 2 is 1.91 bits per heavy atom. The number of aromatic amines is 1. The first-order valence-corrected chi connectivity index (χ1v) is 11.3. The number of aromatic nitrogens is 4. The summed E-state index contributed by atoms with van der Waals surface area (Å²) in [6, 6.07) is 7.61. The van der Waals surface area contributed by atoms with Gasteiger partial charge in [-0.05, 0) is 30.7 Å². The number of hydrogen-bond acceptors (Lipinski definition) is 6. The molecule has 0 unspecified atom stereocenters. The van der Waals surface area contributed by atoms with E-state index in [9.17, 15) is 12.8 Å². The molecular weight excluding hydrogens is 445 g/mol. The molecule has 9 nitrogen and oxygen atoms in total. The van der Waals surface area contributed by atoms with Crippen molar-refractivity contribution in [3.63, 3.8) is 0 Å². The van der Waals surface area contributed by atoms with E-state index in [1.165, 1.54) is 26.4 Å². The molecule has 4 aromatic rings. The van der Waals surface area contributed by atoms with Gasteiger partial charge in [0.15, 0.2) is 0 Å². The van der Waals surface area contributed by atoms with Gasteiger partial charge in [-0.1, -0.05) is 12.1 Å². The fourth-order valence-corrected chi connectivity index (χ4v) is 4.22. The number of pyridine rings is 1. The summed E-state index contributed by atoms with van der Waals surface area (Å²) in [5, 5.41) is 3.68.